The maximum Gasteiger partial charge on any atom is 0.410 e. The molecule has 11 heteroatoms. The number of amides is 2. The Bertz CT molecular complexity index is 2300. The summed E-state index contributed by atoms with van der Waals surface area (Å²) in [6.07, 6.45) is 6.58. The maximum atomic E-state index is 14.8. The zero-order chi connectivity index (χ0) is 37.7. The number of benzene rings is 3. The number of hydrogen-bond acceptors (Lipinski definition) is 6. The number of aromatic nitrogens is 2. The second kappa shape index (κ2) is 14.2. The van der Waals surface area contributed by atoms with Crippen LogP contribution in [0.15, 0.2) is 97.3 Å². The molecule has 0 radical (unpaired) electrons. The van der Waals surface area contributed by atoms with Crippen molar-refractivity contribution < 1.29 is 14.3 Å². The van der Waals surface area contributed by atoms with Gasteiger partial charge in [0.2, 0.25) is 0 Å². The normalized spacial score (nSPS) is 18.4. The first-order valence-corrected chi connectivity index (χ1v) is 19.1. The number of halogens is 2. The van der Waals surface area contributed by atoms with Crippen LogP contribution in [0.3, 0.4) is 0 Å². The number of pyridine rings is 1. The van der Waals surface area contributed by atoms with Crippen molar-refractivity contribution in [2.75, 3.05) is 36.4 Å². The van der Waals surface area contributed by atoms with Crippen LogP contribution in [0.2, 0.25) is 10.0 Å². The summed E-state index contributed by atoms with van der Waals surface area (Å²) in [6, 6.07) is 25.7. The number of ether oxygens (including phenoxy) is 1. The van der Waals surface area contributed by atoms with Crippen molar-refractivity contribution >= 4 is 68.9 Å². The molecule has 3 aromatic carbocycles. The summed E-state index contributed by atoms with van der Waals surface area (Å²) >= 11 is 13.3. The van der Waals surface area contributed by atoms with Gasteiger partial charge >= 0.3 is 6.09 Å². The van der Waals surface area contributed by atoms with Gasteiger partial charge in [0.15, 0.2) is 5.82 Å². The highest BCUT2D eigenvalue weighted by molar-refractivity contribution is 6.32. The molecule has 2 amide bonds. The lowest BCUT2D eigenvalue weighted by molar-refractivity contribution is 0.0240. The molecule has 2 atom stereocenters. The lowest BCUT2D eigenvalue weighted by Gasteiger charge is -2.39. The third-order valence-corrected chi connectivity index (χ3v) is 10.7. The van der Waals surface area contributed by atoms with Crippen LogP contribution in [0.4, 0.5) is 16.3 Å². The molecule has 5 aromatic rings. The van der Waals surface area contributed by atoms with Crippen molar-refractivity contribution in [3.05, 3.63) is 135 Å². The van der Waals surface area contributed by atoms with Gasteiger partial charge in [0.1, 0.15) is 11.3 Å². The number of hydrogen-bond donors (Lipinski definition) is 2. The third kappa shape index (κ3) is 6.71. The van der Waals surface area contributed by atoms with Crippen LogP contribution >= 0.6 is 23.2 Å². The average molecular weight is 762 g/mol. The Balaban J connectivity index is 1.24. The Labute approximate surface area is 325 Å². The Morgan fingerprint density at radius 1 is 0.926 bits per heavy atom. The summed E-state index contributed by atoms with van der Waals surface area (Å²) in [5.74, 6) is 0.493. The molecule has 0 saturated carbocycles. The average Bonchev–Trinajstić information content (AvgIpc) is 3.44. The predicted molar refractivity (Wildman–Crippen MR) is 217 cm³/mol. The van der Waals surface area contributed by atoms with Gasteiger partial charge in [-0.15, -0.1) is 0 Å². The highest BCUT2D eigenvalue weighted by Crippen LogP contribution is 2.53. The number of nitrogens with zero attached hydrogens (tertiary/aromatic N) is 4. The molecule has 2 aromatic heterocycles. The van der Waals surface area contributed by atoms with Crippen molar-refractivity contribution in [3.63, 3.8) is 0 Å². The van der Waals surface area contributed by atoms with Gasteiger partial charge in [0.25, 0.3) is 5.91 Å². The maximum absolute atomic E-state index is 14.8. The molecular formula is C43H42Cl2N6O3. The largest absolute Gasteiger partial charge is 0.444 e. The molecule has 1 saturated heterocycles. The number of carbonyl (C=O) groups is 2. The molecule has 54 heavy (non-hydrogen) atoms. The number of H-pyrrole nitrogens is 1. The van der Waals surface area contributed by atoms with Gasteiger partial charge in [0, 0.05) is 65.1 Å². The molecule has 0 bridgehead atoms. The zero-order valence-electron chi connectivity index (χ0n) is 30.7. The summed E-state index contributed by atoms with van der Waals surface area (Å²) in [7, 11) is 0. The zero-order valence-corrected chi connectivity index (χ0v) is 32.2. The van der Waals surface area contributed by atoms with Crippen molar-refractivity contribution in [3.8, 4) is 0 Å². The van der Waals surface area contributed by atoms with Crippen LogP contribution in [0.5, 0.6) is 0 Å². The molecule has 276 valence electrons. The lowest BCUT2D eigenvalue weighted by atomic mass is 9.82. The van der Waals surface area contributed by atoms with Crippen molar-refractivity contribution in [2.24, 2.45) is 5.92 Å². The highest BCUT2D eigenvalue weighted by Gasteiger charge is 2.40. The number of fused-ring (bicyclic) bond motifs is 2. The third-order valence-electron chi connectivity index (χ3n) is 10.2. The van der Waals surface area contributed by atoms with E-state index in [4.69, 9.17) is 32.9 Å². The first kappa shape index (κ1) is 35.8. The molecule has 0 spiro atoms. The molecule has 9 nitrogen and oxygen atoms in total. The fourth-order valence-electron chi connectivity index (χ4n) is 7.91. The van der Waals surface area contributed by atoms with Crippen molar-refractivity contribution in [1.82, 2.24) is 19.8 Å². The molecule has 3 aliphatic rings. The fraction of sp³-hybridized carbons (Fsp3) is 0.279. The van der Waals surface area contributed by atoms with E-state index in [1.807, 2.05) is 63.2 Å². The molecule has 2 N–H and O–H groups in total. The Kier molecular flexibility index (Phi) is 9.40. The number of rotatable bonds is 5. The minimum absolute atomic E-state index is 0.147. The van der Waals surface area contributed by atoms with E-state index >= 15 is 0 Å². The summed E-state index contributed by atoms with van der Waals surface area (Å²) in [4.78, 5) is 41.9. The van der Waals surface area contributed by atoms with E-state index in [1.165, 1.54) is 0 Å². The van der Waals surface area contributed by atoms with Gasteiger partial charge in [-0.2, -0.15) is 0 Å². The minimum atomic E-state index is -0.572. The van der Waals surface area contributed by atoms with Gasteiger partial charge in [-0.05, 0) is 91.8 Å². The SMILES string of the molecule is CC1CC=CN2C(=C1c1ccccc1)c1c(C(=O)Nc3cccnc3N3CCN(C(=O)OC(C)(C)C)CC3)[nH]c3cc(Cl)cc(c13)C2c1ccc(Cl)cc1. The molecule has 1 fully saturated rings. The number of nitrogens with one attached hydrogen (secondary N) is 2. The van der Waals surface area contributed by atoms with Crippen LogP contribution < -0.4 is 10.2 Å². The van der Waals surface area contributed by atoms with E-state index < -0.39 is 5.60 Å². The lowest BCUT2D eigenvalue weighted by Crippen LogP contribution is -2.50. The van der Waals surface area contributed by atoms with Gasteiger partial charge in [-0.1, -0.05) is 78.7 Å². The number of anilines is 2. The van der Waals surface area contributed by atoms with Crippen LogP contribution in [0.1, 0.15) is 72.9 Å². The van der Waals surface area contributed by atoms with Crippen LogP contribution in [-0.2, 0) is 4.74 Å². The van der Waals surface area contributed by atoms with E-state index in [1.54, 1.807) is 11.1 Å². The van der Waals surface area contributed by atoms with Gasteiger partial charge < -0.3 is 29.7 Å². The molecule has 2 unspecified atom stereocenters. The molecular weight excluding hydrogens is 719 g/mol. The summed E-state index contributed by atoms with van der Waals surface area (Å²) in [5.41, 5.74) is 7.31. The standard InChI is InChI=1S/C43H42Cl2N6O3/c1-26-10-9-19-51-38(28-14-16-29(44)17-15-28)31-24-30(45)25-33-35(31)36(39(51)34(26)27-11-6-5-7-12-27)37(47-33)41(52)48-32-13-8-18-46-40(32)49-20-22-50(23-21-49)42(53)54-43(2,3)4/h5-9,11-19,24-26,38,47H,10,20-23H2,1-4H3,(H,48,52). The van der Waals surface area contributed by atoms with Crippen LogP contribution in [0, 0.1) is 5.92 Å². The van der Waals surface area contributed by atoms with Crippen molar-refractivity contribution in [2.45, 2.75) is 45.8 Å². The molecule has 5 heterocycles. The number of allylic oxidation sites excluding steroid dienone is 2. The molecule has 8 rings (SSSR count). The minimum Gasteiger partial charge on any atom is -0.444 e. The summed E-state index contributed by atoms with van der Waals surface area (Å²) in [5, 5.41) is 5.41. The summed E-state index contributed by atoms with van der Waals surface area (Å²) in [6.45, 7) is 9.86. The van der Waals surface area contributed by atoms with E-state index in [2.05, 4.69) is 75.7 Å². The molecule has 0 aliphatic carbocycles. The Morgan fingerprint density at radius 3 is 2.39 bits per heavy atom. The number of carbonyl (C=O) groups excluding carboxylic acids is 2. The van der Waals surface area contributed by atoms with E-state index in [0.29, 0.717) is 53.4 Å². The van der Waals surface area contributed by atoms with E-state index in [-0.39, 0.29) is 24.0 Å². The van der Waals surface area contributed by atoms with Crippen LogP contribution in [0.25, 0.3) is 22.2 Å². The smallest absolute Gasteiger partial charge is 0.410 e. The quantitative estimate of drug-likeness (QED) is 0.185. The first-order chi connectivity index (χ1) is 26.0. The number of aromatic amines is 1. The van der Waals surface area contributed by atoms with Gasteiger partial charge in [0.05, 0.1) is 17.4 Å². The second-order valence-electron chi connectivity index (χ2n) is 15.1. The number of piperazine rings is 1. The van der Waals surface area contributed by atoms with E-state index in [9.17, 15) is 9.59 Å². The highest BCUT2D eigenvalue weighted by atomic mass is 35.5. The van der Waals surface area contributed by atoms with Crippen LogP contribution in [-0.4, -0.2) is 63.5 Å². The summed E-state index contributed by atoms with van der Waals surface area (Å²) < 4.78 is 5.60. The fourth-order valence-corrected chi connectivity index (χ4v) is 8.26. The topological polar surface area (TPSA) is 93.8 Å². The second-order valence-corrected chi connectivity index (χ2v) is 16.0. The van der Waals surface area contributed by atoms with Crippen molar-refractivity contribution in [1.29, 1.82) is 0 Å². The van der Waals surface area contributed by atoms with Gasteiger partial charge in [-0.3, -0.25) is 4.79 Å². The monoisotopic (exact) mass is 760 g/mol. The first-order valence-electron chi connectivity index (χ1n) is 18.3. The van der Waals surface area contributed by atoms with E-state index in [0.717, 1.165) is 50.8 Å². The molecule has 3 aliphatic heterocycles. The van der Waals surface area contributed by atoms with Gasteiger partial charge in [-0.25, -0.2) is 9.78 Å². The predicted octanol–water partition coefficient (Wildman–Crippen LogP) is 10.0. The Hall–Kier alpha value is -5.25. The Morgan fingerprint density at radius 2 is 1.67 bits per heavy atom.